The van der Waals surface area contributed by atoms with Crippen molar-refractivity contribution in [1.82, 2.24) is 25.4 Å². The highest BCUT2D eigenvalue weighted by Crippen LogP contribution is 2.33. The average Bonchev–Trinajstić information content (AvgIpc) is 3.27. The summed E-state index contributed by atoms with van der Waals surface area (Å²) < 4.78 is 13.7. The summed E-state index contributed by atoms with van der Waals surface area (Å²) in [6, 6.07) is 6.48. The first-order valence-corrected chi connectivity index (χ1v) is 10.5. The summed E-state index contributed by atoms with van der Waals surface area (Å²) in [5.41, 5.74) is 1.03. The fourth-order valence-electron chi connectivity index (χ4n) is 3.73. The van der Waals surface area contributed by atoms with Gasteiger partial charge in [0.25, 0.3) is 0 Å². The summed E-state index contributed by atoms with van der Waals surface area (Å²) >= 11 is 0. The molecule has 0 unspecified atom stereocenters. The third kappa shape index (κ3) is 5.55. The Morgan fingerprint density at radius 1 is 1.17 bits per heavy atom. The van der Waals surface area contributed by atoms with E-state index in [1.54, 1.807) is 0 Å². The fraction of sp³-hybridized carbons (Fsp3) is 0.571. The zero-order valence-electron chi connectivity index (χ0n) is 17.7. The van der Waals surface area contributed by atoms with Gasteiger partial charge >= 0.3 is 0 Å². The maximum absolute atomic E-state index is 5.94. The number of guanidine groups is 1. The molecule has 1 aromatic carbocycles. The molecule has 2 aliphatic rings. The second-order valence-corrected chi connectivity index (χ2v) is 7.66. The molecule has 0 saturated heterocycles. The molecule has 30 heavy (non-hydrogen) atoms. The van der Waals surface area contributed by atoms with E-state index in [4.69, 9.17) is 14.5 Å². The lowest BCUT2D eigenvalue weighted by Crippen LogP contribution is -2.42. The standard InChI is InChI=1S/C21H30N6O2.HI/c1-15-25-26-19(27(15)2)14-23-21(24-17-8-3-4-9-17)22-13-16-7-5-10-18-20(16)29-12-6-11-28-18;/h5,7,10,17H,3-4,6,8-9,11-14H2,1-2H3,(H2,22,23,24);1H. The number of halogens is 1. The highest BCUT2D eigenvalue weighted by molar-refractivity contribution is 14.0. The van der Waals surface area contributed by atoms with Crippen molar-refractivity contribution in [3.63, 3.8) is 0 Å². The van der Waals surface area contributed by atoms with Gasteiger partial charge in [0.05, 0.1) is 26.3 Å². The van der Waals surface area contributed by atoms with Gasteiger partial charge in [-0.15, -0.1) is 34.2 Å². The van der Waals surface area contributed by atoms with Gasteiger partial charge in [0.15, 0.2) is 23.3 Å². The molecule has 2 N–H and O–H groups in total. The number of fused-ring (bicyclic) bond motifs is 1. The Morgan fingerprint density at radius 2 is 1.97 bits per heavy atom. The van der Waals surface area contributed by atoms with Crippen LogP contribution in [0.1, 0.15) is 49.3 Å². The molecule has 1 fully saturated rings. The van der Waals surface area contributed by atoms with Crippen molar-refractivity contribution in [2.75, 3.05) is 13.2 Å². The maximum atomic E-state index is 5.94. The molecule has 9 heteroatoms. The van der Waals surface area contributed by atoms with Crippen LogP contribution in [0.25, 0.3) is 0 Å². The number of hydrogen-bond donors (Lipinski definition) is 2. The van der Waals surface area contributed by atoms with E-state index in [-0.39, 0.29) is 24.0 Å². The van der Waals surface area contributed by atoms with Crippen molar-refractivity contribution in [3.8, 4) is 11.5 Å². The second kappa shape index (κ2) is 10.8. The van der Waals surface area contributed by atoms with Crippen LogP contribution in [0.2, 0.25) is 0 Å². The third-order valence-corrected chi connectivity index (χ3v) is 5.55. The normalized spacial score (nSPS) is 16.7. The predicted octanol–water partition coefficient (Wildman–Crippen LogP) is 3.08. The molecule has 1 aromatic heterocycles. The van der Waals surface area contributed by atoms with Crippen molar-refractivity contribution in [3.05, 3.63) is 35.4 Å². The quantitative estimate of drug-likeness (QED) is 0.354. The first-order valence-electron chi connectivity index (χ1n) is 10.5. The zero-order chi connectivity index (χ0) is 20.1. The number of ether oxygens (including phenoxy) is 2. The van der Waals surface area contributed by atoms with Gasteiger partial charge in [-0.05, 0) is 25.8 Å². The molecule has 0 bridgehead atoms. The Morgan fingerprint density at radius 3 is 2.73 bits per heavy atom. The van der Waals surface area contributed by atoms with Gasteiger partial charge in [-0.1, -0.05) is 25.0 Å². The summed E-state index contributed by atoms with van der Waals surface area (Å²) in [6.07, 6.45) is 5.79. The maximum Gasteiger partial charge on any atom is 0.192 e. The number of nitrogens with one attached hydrogen (secondary N) is 2. The van der Waals surface area contributed by atoms with Crippen molar-refractivity contribution in [2.24, 2.45) is 12.0 Å². The van der Waals surface area contributed by atoms with Gasteiger partial charge in [0.2, 0.25) is 0 Å². The molecule has 0 radical (unpaired) electrons. The molecule has 1 aliphatic carbocycles. The molecule has 0 amide bonds. The number of benzene rings is 1. The van der Waals surface area contributed by atoms with Gasteiger partial charge in [-0.25, -0.2) is 4.99 Å². The molecule has 0 spiro atoms. The van der Waals surface area contributed by atoms with Crippen LogP contribution in [-0.4, -0.2) is 40.0 Å². The van der Waals surface area contributed by atoms with E-state index in [9.17, 15) is 0 Å². The minimum absolute atomic E-state index is 0. The third-order valence-electron chi connectivity index (χ3n) is 5.55. The van der Waals surface area contributed by atoms with Crippen LogP contribution < -0.4 is 20.1 Å². The summed E-state index contributed by atoms with van der Waals surface area (Å²) in [5.74, 6) is 4.20. The summed E-state index contributed by atoms with van der Waals surface area (Å²) in [6.45, 7) is 4.40. The van der Waals surface area contributed by atoms with E-state index in [2.05, 4.69) is 26.9 Å². The van der Waals surface area contributed by atoms with Gasteiger partial charge in [0, 0.05) is 25.1 Å². The first-order chi connectivity index (χ1) is 14.2. The largest absolute Gasteiger partial charge is 0.490 e. The van der Waals surface area contributed by atoms with Gasteiger partial charge < -0.3 is 24.7 Å². The van der Waals surface area contributed by atoms with E-state index in [0.717, 1.165) is 41.1 Å². The number of rotatable bonds is 5. The molecule has 1 saturated carbocycles. The Labute approximate surface area is 194 Å². The van der Waals surface area contributed by atoms with E-state index in [0.29, 0.717) is 32.3 Å². The summed E-state index contributed by atoms with van der Waals surface area (Å²) in [5, 5.41) is 15.4. The number of hydrogen-bond acceptors (Lipinski definition) is 5. The lowest BCUT2D eigenvalue weighted by molar-refractivity contribution is 0.296. The topological polar surface area (TPSA) is 85.6 Å². The van der Waals surface area contributed by atoms with Gasteiger partial charge in [-0.3, -0.25) is 0 Å². The van der Waals surface area contributed by atoms with Crippen LogP contribution in [-0.2, 0) is 20.1 Å². The second-order valence-electron chi connectivity index (χ2n) is 7.66. The van der Waals surface area contributed by atoms with Gasteiger partial charge in [0.1, 0.15) is 5.82 Å². The SMILES string of the molecule is Cc1nnc(CNC(=NCc2cccc3c2OCCCO3)NC2CCCC2)n1C.I. The number of para-hydroxylation sites is 1. The van der Waals surface area contributed by atoms with Crippen molar-refractivity contribution in [2.45, 2.75) is 58.2 Å². The molecular formula is C21H31IN6O2. The van der Waals surface area contributed by atoms with Crippen molar-refractivity contribution in [1.29, 1.82) is 0 Å². The van der Waals surface area contributed by atoms with E-state index < -0.39 is 0 Å². The summed E-state index contributed by atoms with van der Waals surface area (Å²) in [4.78, 5) is 4.85. The van der Waals surface area contributed by atoms with Crippen LogP contribution in [0.4, 0.5) is 0 Å². The zero-order valence-corrected chi connectivity index (χ0v) is 20.0. The Bertz CT molecular complexity index is 863. The monoisotopic (exact) mass is 526 g/mol. The molecular weight excluding hydrogens is 495 g/mol. The highest BCUT2D eigenvalue weighted by Gasteiger charge is 2.18. The van der Waals surface area contributed by atoms with Gasteiger partial charge in [-0.2, -0.15) is 0 Å². The number of aliphatic imine (C=N–C) groups is 1. The van der Waals surface area contributed by atoms with E-state index >= 15 is 0 Å². The van der Waals surface area contributed by atoms with Crippen LogP contribution in [0, 0.1) is 6.92 Å². The fourth-order valence-corrected chi connectivity index (χ4v) is 3.73. The molecule has 4 rings (SSSR count). The van der Waals surface area contributed by atoms with E-state index in [1.165, 1.54) is 25.7 Å². The van der Waals surface area contributed by atoms with Crippen molar-refractivity contribution < 1.29 is 9.47 Å². The van der Waals surface area contributed by atoms with Crippen LogP contribution in [0.5, 0.6) is 11.5 Å². The van der Waals surface area contributed by atoms with E-state index in [1.807, 2.05) is 30.7 Å². The molecule has 2 aromatic rings. The minimum Gasteiger partial charge on any atom is -0.490 e. The molecule has 8 nitrogen and oxygen atoms in total. The van der Waals surface area contributed by atoms with Crippen LogP contribution in [0.15, 0.2) is 23.2 Å². The Hall–Kier alpha value is -2.04. The molecule has 164 valence electrons. The molecule has 2 heterocycles. The Kier molecular flexibility index (Phi) is 8.17. The molecule has 0 atom stereocenters. The lowest BCUT2D eigenvalue weighted by Gasteiger charge is -2.18. The first kappa shape index (κ1) is 22.6. The Balaban J connectivity index is 0.00000256. The number of nitrogens with zero attached hydrogens (tertiary/aromatic N) is 4. The highest BCUT2D eigenvalue weighted by atomic mass is 127. The van der Waals surface area contributed by atoms with Crippen molar-refractivity contribution >= 4 is 29.9 Å². The number of aromatic nitrogens is 3. The average molecular weight is 526 g/mol. The summed E-state index contributed by atoms with van der Waals surface area (Å²) in [7, 11) is 1.98. The number of aryl methyl sites for hydroxylation is 1. The predicted molar refractivity (Wildman–Crippen MR) is 127 cm³/mol. The smallest absolute Gasteiger partial charge is 0.192 e. The molecule has 1 aliphatic heterocycles. The van der Waals surface area contributed by atoms with Crippen LogP contribution in [0.3, 0.4) is 0 Å². The lowest BCUT2D eigenvalue weighted by atomic mass is 10.2. The van der Waals surface area contributed by atoms with Crippen LogP contribution >= 0.6 is 24.0 Å². The minimum atomic E-state index is 0.